The lowest BCUT2D eigenvalue weighted by molar-refractivity contribution is -0.171. The molecule has 0 bridgehead atoms. The van der Waals surface area contributed by atoms with E-state index in [4.69, 9.17) is 9.73 Å². The molecule has 5 heteroatoms. The standard InChI is InChI=1S/C21H38N4O/c1-3-5-12-25-13-7-16(8-14-25)23-20(22-4-2)24-18-17-9-15-26-19(17)21(18)10-6-11-21/h16-19H,3-15H2,1-2H3,(H2,22,23,24). The number of fused-ring (bicyclic) bond motifs is 2. The smallest absolute Gasteiger partial charge is 0.191 e. The van der Waals surface area contributed by atoms with Gasteiger partial charge in [-0.3, -0.25) is 4.99 Å². The van der Waals surface area contributed by atoms with Gasteiger partial charge in [0.05, 0.1) is 6.10 Å². The van der Waals surface area contributed by atoms with E-state index in [-0.39, 0.29) is 0 Å². The zero-order valence-electron chi connectivity index (χ0n) is 16.8. The number of likely N-dealkylation sites (tertiary alicyclic amines) is 1. The van der Waals surface area contributed by atoms with Gasteiger partial charge < -0.3 is 20.3 Å². The second kappa shape index (κ2) is 8.05. The first-order valence-electron chi connectivity index (χ1n) is 11.2. The van der Waals surface area contributed by atoms with Crippen molar-refractivity contribution in [1.29, 1.82) is 0 Å². The van der Waals surface area contributed by atoms with Gasteiger partial charge in [0.1, 0.15) is 0 Å². The van der Waals surface area contributed by atoms with Gasteiger partial charge in [-0.05, 0) is 52.0 Å². The highest BCUT2D eigenvalue weighted by atomic mass is 16.5. The van der Waals surface area contributed by atoms with E-state index in [1.165, 1.54) is 71.0 Å². The quantitative estimate of drug-likeness (QED) is 0.563. The Hall–Kier alpha value is -0.810. The molecule has 0 amide bonds. The topological polar surface area (TPSA) is 48.9 Å². The zero-order valence-corrected chi connectivity index (χ0v) is 16.8. The molecular weight excluding hydrogens is 324 g/mol. The van der Waals surface area contributed by atoms with Crippen molar-refractivity contribution >= 4 is 5.96 Å². The maximum absolute atomic E-state index is 6.07. The van der Waals surface area contributed by atoms with Gasteiger partial charge in [-0.25, -0.2) is 0 Å². The first-order chi connectivity index (χ1) is 12.8. The molecule has 2 aliphatic heterocycles. The number of guanidine groups is 1. The molecule has 1 spiro atoms. The molecule has 148 valence electrons. The van der Waals surface area contributed by atoms with Crippen LogP contribution in [0.5, 0.6) is 0 Å². The SMILES string of the molecule is CCCCN1CCC(NC(=NCC)NC2C3CCOC3C23CCC3)CC1. The largest absolute Gasteiger partial charge is 0.377 e. The van der Waals surface area contributed by atoms with Gasteiger partial charge in [0.2, 0.25) is 0 Å². The van der Waals surface area contributed by atoms with Crippen molar-refractivity contribution in [2.45, 2.75) is 83.4 Å². The minimum Gasteiger partial charge on any atom is -0.377 e. The summed E-state index contributed by atoms with van der Waals surface area (Å²) in [6.45, 7) is 9.94. The average molecular weight is 363 g/mol. The van der Waals surface area contributed by atoms with E-state index in [0.29, 0.717) is 29.5 Å². The van der Waals surface area contributed by atoms with E-state index >= 15 is 0 Å². The molecule has 4 rings (SSSR count). The molecule has 2 aliphatic carbocycles. The first kappa shape index (κ1) is 18.5. The third-order valence-electron chi connectivity index (χ3n) is 7.40. The van der Waals surface area contributed by atoms with Gasteiger partial charge >= 0.3 is 0 Å². The maximum Gasteiger partial charge on any atom is 0.191 e. The Bertz CT molecular complexity index is 496. The second-order valence-electron chi connectivity index (χ2n) is 8.89. The van der Waals surface area contributed by atoms with Crippen molar-refractivity contribution in [3.05, 3.63) is 0 Å². The van der Waals surface area contributed by atoms with E-state index in [1.54, 1.807) is 0 Å². The van der Waals surface area contributed by atoms with Crippen LogP contribution in [0.1, 0.15) is 65.2 Å². The number of piperidine rings is 1. The van der Waals surface area contributed by atoms with Crippen LogP contribution in [0.3, 0.4) is 0 Å². The average Bonchev–Trinajstić information content (AvgIpc) is 3.03. The van der Waals surface area contributed by atoms with Gasteiger partial charge in [0.25, 0.3) is 0 Å². The van der Waals surface area contributed by atoms with Crippen LogP contribution in [0.4, 0.5) is 0 Å². The molecule has 4 fully saturated rings. The Morgan fingerprint density at radius 2 is 1.96 bits per heavy atom. The van der Waals surface area contributed by atoms with Crippen LogP contribution in [0.15, 0.2) is 4.99 Å². The highest BCUT2D eigenvalue weighted by molar-refractivity contribution is 5.80. The normalized spacial score (nSPS) is 34.2. The minimum atomic E-state index is 0.418. The molecule has 5 nitrogen and oxygen atoms in total. The number of hydrogen-bond donors (Lipinski definition) is 2. The molecule has 0 radical (unpaired) electrons. The lowest BCUT2D eigenvalue weighted by atomic mass is 9.46. The molecule has 26 heavy (non-hydrogen) atoms. The fraction of sp³-hybridized carbons (Fsp3) is 0.952. The van der Waals surface area contributed by atoms with Crippen LogP contribution < -0.4 is 10.6 Å². The summed E-state index contributed by atoms with van der Waals surface area (Å²) in [5, 5.41) is 7.63. The first-order valence-corrected chi connectivity index (χ1v) is 11.2. The third kappa shape index (κ3) is 3.37. The summed E-state index contributed by atoms with van der Waals surface area (Å²) in [6.07, 6.45) is 10.9. The third-order valence-corrected chi connectivity index (χ3v) is 7.40. The number of nitrogens with zero attached hydrogens (tertiary/aromatic N) is 2. The van der Waals surface area contributed by atoms with Crippen LogP contribution in [0, 0.1) is 11.3 Å². The van der Waals surface area contributed by atoms with Gasteiger partial charge in [-0.15, -0.1) is 0 Å². The molecule has 0 aromatic carbocycles. The van der Waals surface area contributed by atoms with Crippen molar-refractivity contribution < 1.29 is 4.74 Å². The number of nitrogens with one attached hydrogen (secondary N) is 2. The number of unbranched alkanes of at least 4 members (excludes halogenated alkanes) is 1. The second-order valence-corrected chi connectivity index (χ2v) is 8.89. The van der Waals surface area contributed by atoms with Crippen molar-refractivity contribution in [1.82, 2.24) is 15.5 Å². The fourth-order valence-electron chi connectivity index (χ4n) is 5.77. The number of hydrogen-bond acceptors (Lipinski definition) is 3. The molecule has 2 N–H and O–H groups in total. The van der Waals surface area contributed by atoms with Gasteiger partial charge in [-0.1, -0.05) is 19.8 Å². The van der Waals surface area contributed by atoms with Crippen LogP contribution in [-0.4, -0.2) is 61.8 Å². The summed E-state index contributed by atoms with van der Waals surface area (Å²) < 4.78 is 6.07. The Morgan fingerprint density at radius 1 is 1.15 bits per heavy atom. The van der Waals surface area contributed by atoms with Crippen LogP contribution >= 0.6 is 0 Å². The summed E-state index contributed by atoms with van der Waals surface area (Å²) in [5.74, 6) is 1.76. The van der Waals surface area contributed by atoms with Crippen molar-refractivity contribution in [2.75, 3.05) is 32.8 Å². The molecule has 0 aromatic heterocycles. The highest BCUT2D eigenvalue weighted by Crippen LogP contribution is 2.62. The summed E-state index contributed by atoms with van der Waals surface area (Å²) in [5.41, 5.74) is 0.418. The Morgan fingerprint density at radius 3 is 2.62 bits per heavy atom. The van der Waals surface area contributed by atoms with Crippen molar-refractivity contribution in [2.24, 2.45) is 16.3 Å². The van der Waals surface area contributed by atoms with Crippen molar-refractivity contribution in [3.63, 3.8) is 0 Å². The summed E-state index contributed by atoms with van der Waals surface area (Å²) >= 11 is 0. The van der Waals surface area contributed by atoms with Crippen LogP contribution in [0.25, 0.3) is 0 Å². The van der Waals surface area contributed by atoms with E-state index < -0.39 is 0 Å². The molecule has 3 unspecified atom stereocenters. The lowest BCUT2D eigenvalue weighted by Crippen LogP contribution is -2.72. The van der Waals surface area contributed by atoms with E-state index in [2.05, 4.69) is 29.4 Å². The minimum absolute atomic E-state index is 0.418. The number of ether oxygens (including phenoxy) is 1. The highest BCUT2D eigenvalue weighted by Gasteiger charge is 2.66. The molecule has 2 saturated carbocycles. The summed E-state index contributed by atoms with van der Waals surface area (Å²) in [4.78, 5) is 7.41. The van der Waals surface area contributed by atoms with Crippen molar-refractivity contribution in [3.8, 4) is 0 Å². The predicted octanol–water partition coefficient (Wildman–Crippen LogP) is 2.76. The zero-order chi connectivity index (χ0) is 18.0. The van der Waals surface area contributed by atoms with E-state index in [1.807, 2.05) is 0 Å². The Labute approximate surface area is 159 Å². The van der Waals surface area contributed by atoms with Crippen LogP contribution in [0.2, 0.25) is 0 Å². The molecule has 2 saturated heterocycles. The summed E-state index contributed by atoms with van der Waals surface area (Å²) in [7, 11) is 0. The molecule has 3 atom stereocenters. The predicted molar refractivity (Wildman–Crippen MR) is 107 cm³/mol. The molecular formula is C21H38N4O. The molecule has 2 heterocycles. The molecule has 4 aliphatic rings. The van der Waals surface area contributed by atoms with Gasteiger partial charge in [0.15, 0.2) is 5.96 Å². The Kier molecular flexibility index (Phi) is 5.75. The van der Waals surface area contributed by atoms with E-state index in [0.717, 1.165) is 19.1 Å². The monoisotopic (exact) mass is 362 g/mol. The van der Waals surface area contributed by atoms with Crippen LogP contribution in [-0.2, 0) is 4.74 Å². The maximum atomic E-state index is 6.07. The molecule has 0 aromatic rings. The number of rotatable bonds is 6. The van der Waals surface area contributed by atoms with E-state index in [9.17, 15) is 0 Å². The fourth-order valence-corrected chi connectivity index (χ4v) is 5.77. The summed E-state index contributed by atoms with van der Waals surface area (Å²) in [6, 6.07) is 1.14. The lowest BCUT2D eigenvalue weighted by Gasteiger charge is -2.63. The number of aliphatic imine (C=N–C) groups is 1. The van der Waals surface area contributed by atoms with Gasteiger partial charge in [-0.2, -0.15) is 0 Å². The van der Waals surface area contributed by atoms with Gasteiger partial charge in [0, 0.05) is 49.7 Å². The Balaban J connectivity index is 1.31.